The molecule has 4 N–H and O–H groups in total. The maximum absolute atomic E-state index is 12.3. The van der Waals surface area contributed by atoms with Crippen molar-refractivity contribution in [3.63, 3.8) is 0 Å². The van der Waals surface area contributed by atoms with Gasteiger partial charge in [0.05, 0.1) is 0 Å². The van der Waals surface area contributed by atoms with Gasteiger partial charge in [-0.05, 0) is 69.3 Å². The van der Waals surface area contributed by atoms with Crippen LogP contribution in [0.4, 0.5) is 11.4 Å². The molecule has 0 spiro atoms. The molecule has 2 amide bonds. The Bertz CT molecular complexity index is 620. The lowest BCUT2D eigenvalue weighted by molar-refractivity contribution is -0.122. The van der Waals surface area contributed by atoms with E-state index in [1.165, 1.54) is 12.8 Å². The van der Waals surface area contributed by atoms with Crippen LogP contribution < -0.4 is 21.3 Å². The second kappa shape index (κ2) is 9.03. The van der Waals surface area contributed by atoms with Crippen LogP contribution in [-0.2, 0) is 9.59 Å². The zero-order valence-electron chi connectivity index (χ0n) is 15.4. The summed E-state index contributed by atoms with van der Waals surface area (Å²) in [6.07, 6.45) is 5.48. The summed E-state index contributed by atoms with van der Waals surface area (Å²) in [5.41, 5.74) is 7.33. The number of anilines is 2. The van der Waals surface area contributed by atoms with E-state index in [0.29, 0.717) is 12.3 Å². The van der Waals surface area contributed by atoms with Crippen LogP contribution in [0.5, 0.6) is 0 Å². The highest BCUT2D eigenvalue weighted by Gasteiger charge is 2.23. The normalized spacial score (nSPS) is 19.3. The molecule has 6 nitrogen and oxygen atoms in total. The summed E-state index contributed by atoms with van der Waals surface area (Å²) < 4.78 is 0. The van der Waals surface area contributed by atoms with Crippen LogP contribution >= 0.6 is 0 Å². The summed E-state index contributed by atoms with van der Waals surface area (Å²) in [5.74, 6) is 0.552. The van der Waals surface area contributed by atoms with Crippen molar-refractivity contribution >= 4 is 23.2 Å². The molecule has 1 aromatic rings. The van der Waals surface area contributed by atoms with Crippen molar-refractivity contribution in [2.75, 3.05) is 36.4 Å². The molecule has 2 saturated heterocycles. The number of primary amides is 1. The van der Waals surface area contributed by atoms with Gasteiger partial charge < -0.3 is 21.3 Å². The SMILES string of the molecule is NC(=O)C1CCN(c2cccc(NC(=O)CCC3CCNCC3)c2)CC1. The van der Waals surface area contributed by atoms with Gasteiger partial charge in [-0.3, -0.25) is 9.59 Å². The van der Waals surface area contributed by atoms with Crippen molar-refractivity contribution in [1.82, 2.24) is 5.32 Å². The van der Waals surface area contributed by atoms with Crippen LogP contribution in [0, 0.1) is 11.8 Å². The van der Waals surface area contributed by atoms with E-state index in [1.807, 2.05) is 18.2 Å². The minimum atomic E-state index is -0.195. The number of nitrogens with zero attached hydrogens (tertiary/aromatic N) is 1. The van der Waals surface area contributed by atoms with E-state index < -0.39 is 0 Å². The molecule has 0 unspecified atom stereocenters. The maximum atomic E-state index is 12.3. The molecule has 0 bridgehead atoms. The van der Waals surface area contributed by atoms with Crippen molar-refractivity contribution in [3.05, 3.63) is 24.3 Å². The van der Waals surface area contributed by atoms with Crippen molar-refractivity contribution in [2.45, 2.75) is 38.5 Å². The van der Waals surface area contributed by atoms with Crippen molar-refractivity contribution in [2.24, 2.45) is 17.6 Å². The molecular formula is C20H30N4O2. The molecular weight excluding hydrogens is 328 g/mol. The molecule has 0 aromatic heterocycles. The Hall–Kier alpha value is -2.08. The lowest BCUT2D eigenvalue weighted by Crippen LogP contribution is -2.38. The highest BCUT2D eigenvalue weighted by atomic mass is 16.2. The first-order valence-electron chi connectivity index (χ1n) is 9.76. The van der Waals surface area contributed by atoms with Gasteiger partial charge in [0, 0.05) is 36.8 Å². The van der Waals surface area contributed by atoms with Crippen LogP contribution in [-0.4, -0.2) is 38.0 Å². The topological polar surface area (TPSA) is 87.5 Å². The molecule has 26 heavy (non-hydrogen) atoms. The van der Waals surface area contributed by atoms with Gasteiger partial charge in [0.2, 0.25) is 11.8 Å². The summed E-state index contributed by atoms with van der Waals surface area (Å²) in [6, 6.07) is 7.97. The molecule has 3 rings (SSSR count). The van der Waals surface area contributed by atoms with Crippen molar-refractivity contribution in [1.29, 1.82) is 0 Å². The zero-order chi connectivity index (χ0) is 18.4. The van der Waals surface area contributed by atoms with Crippen molar-refractivity contribution in [3.8, 4) is 0 Å². The Morgan fingerprint density at radius 2 is 1.88 bits per heavy atom. The number of benzene rings is 1. The second-order valence-electron chi connectivity index (χ2n) is 7.49. The molecule has 2 heterocycles. The highest BCUT2D eigenvalue weighted by molar-refractivity contribution is 5.91. The average molecular weight is 358 g/mol. The summed E-state index contributed by atoms with van der Waals surface area (Å²) in [4.78, 5) is 25.8. The van der Waals surface area contributed by atoms with Crippen molar-refractivity contribution < 1.29 is 9.59 Å². The molecule has 0 aliphatic carbocycles. The van der Waals surface area contributed by atoms with E-state index in [-0.39, 0.29) is 17.7 Å². The van der Waals surface area contributed by atoms with Crippen LogP contribution in [0.1, 0.15) is 38.5 Å². The number of nitrogens with two attached hydrogens (primary N) is 1. The smallest absolute Gasteiger partial charge is 0.224 e. The predicted octanol–water partition coefficient (Wildman–Crippen LogP) is 2.11. The third-order valence-electron chi connectivity index (χ3n) is 5.63. The minimum Gasteiger partial charge on any atom is -0.371 e. The highest BCUT2D eigenvalue weighted by Crippen LogP contribution is 2.26. The number of rotatable bonds is 6. The van der Waals surface area contributed by atoms with E-state index in [1.54, 1.807) is 0 Å². The fraction of sp³-hybridized carbons (Fsp3) is 0.600. The number of nitrogens with one attached hydrogen (secondary N) is 2. The first kappa shape index (κ1) is 18.7. The molecule has 0 radical (unpaired) electrons. The molecule has 6 heteroatoms. The minimum absolute atomic E-state index is 0.0101. The largest absolute Gasteiger partial charge is 0.371 e. The third-order valence-corrected chi connectivity index (χ3v) is 5.63. The van der Waals surface area contributed by atoms with Gasteiger partial charge in [0.25, 0.3) is 0 Å². The molecule has 2 aliphatic rings. The first-order chi connectivity index (χ1) is 12.6. The zero-order valence-corrected chi connectivity index (χ0v) is 15.4. The Kier molecular flexibility index (Phi) is 6.50. The van der Waals surface area contributed by atoms with Gasteiger partial charge in [-0.15, -0.1) is 0 Å². The third kappa shape index (κ3) is 5.21. The van der Waals surface area contributed by atoms with E-state index in [0.717, 1.165) is 56.8 Å². The van der Waals surface area contributed by atoms with Gasteiger partial charge in [-0.25, -0.2) is 0 Å². The summed E-state index contributed by atoms with van der Waals surface area (Å²) >= 11 is 0. The van der Waals surface area contributed by atoms with Gasteiger partial charge in [-0.1, -0.05) is 6.07 Å². The van der Waals surface area contributed by atoms with Gasteiger partial charge in [0.15, 0.2) is 0 Å². The van der Waals surface area contributed by atoms with Crippen LogP contribution in [0.15, 0.2) is 24.3 Å². The van der Waals surface area contributed by atoms with Gasteiger partial charge in [-0.2, -0.15) is 0 Å². The molecule has 0 saturated carbocycles. The monoisotopic (exact) mass is 358 g/mol. The average Bonchev–Trinajstić information content (AvgIpc) is 2.67. The lowest BCUT2D eigenvalue weighted by Gasteiger charge is -2.32. The number of amides is 2. The quantitative estimate of drug-likeness (QED) is 0.727. The van der Waals surface area contributed by atoms with Crippen LogP contribution in [0.25, 0.3) is 0 Å². The van der Waals surface area contributed by atoms with Gasteiger partial charge >= 0.3 is 0 Å². The number of carbonyl (C=O) groups is 2. The van der Waals surface area contributed by atoms with E-state index in [9.17, 15) is 9.59 Å². The first-order valence-corrected chi connectivity index (χ1v) is 9.76. The Labute approximate surface area is 155 Å². The summed E-state index contributed by atoms with van der Waals surface area (Å²) in [7, 11) is 0. The molecule has 0 atom stereocenters. The van der Waals surface area contributed by atoms with E-state index in [2.05, 4.69) is 21.6 Å². The van der Waals surface area contributed by atoms with Crippen LogP contribution in [0.2, 0.25) is 0 Å². The summed E-state index contributed by atoms with van der Waals surface area (Å²) in [5, 5.41) is 6.39. The predicted molar refractivity (Wildman–Crippen MR) is 104 cm³/mol. The number of carbonyl (C=O) groups excluding carboxylic acids is 2. The summed E-state index contributed by atoms with van der Waals surface area (Å²) in [6.45, 7) is 3.78. The number of piperidine rings is 2. The number of hydrogen-bond acceptors (Lipinski definition) is 4. The molecule has 2 aliphatic heterocycles. The van der Waals surface area contributed by atoms with E-state index in [4.69, 9.17) is 5.73 Å². The Morgan fingerprint density at radius 1 is 1.15 bits per heavy atom. The van der Waals surface area contributed by atoms with Crippen LogP contribution in [0.3, 0.4) is 0 Å². The van der Waals surface area contributed by atoms with Gasteiger partial charge in [0.1, 0.15) is 0 Å². The molecule has 142 valence electrons. The second-order valence-corrected chi connectivity index (χ2v) is 7.49. The fourth-order valence-electron chi connectivity index (χ4n) is 3.93. The Balaban J connectivity index is 1.49. The molecule has 1 aromatic carbocycles. The maximum Gasteiger partial charge on any atom is 0.224 e. The number of hydrogen-bond donors (Lipinski definition) is 3. The fourth-order valence-corrected chi connectivity index (χ4v) is 3.93. The lowest BCUT2D eigenvalue weighted by atomic mass is 9.93. The van der Waals surface area contributed by atoms with E-state index >= 15 is 0 Å². The Morgan fingerprint density at radius 3 is 2.58 bits per heavy atom. The molecule has 2 fully saturated rings. The standard InChI is InChI=1S/C20H30N4O2/c21-20(26)16-8-12-24(13-9-16)18-3-1-2-17(14-18)23-19(25)5-4-15-6-10-22-11-7-15/h1-3,14-16,22H,4-13H2,(H2,21,26)(H,23,25).